The Kier molecular flexibility index (Phi) is 5.77. The van der Waals surface area contributed by atoms with E-state index in [1.807, 2.05) is 6.07 Å². The van der Waals surface area contributed by atoms with Crippen molar-refractivity contribution < 1.29 is 23.0 Å². The van der Waals surface area contributed by atoms with Crippen molar-refractivity contribution in [3.05, 3.63) is 82.7 Å². The summed E-state index contributed by atoms with van der Waals surface area (Å²) < 4.78 is 41.4. The predicted molar refractivity (Wildman–Crippen MR) is 125 cm³/mol. The second-order valence-corrected chi connectivity index (χ2v) is 8.32. The summed E-state index contributed by atoms with van der Waals surface area (Å²) in [7, 11) is 1.52. The fourth-order valence-corrected chi connectivity index (χ4v) is 4.84. The van der Waals surface area contributed by atoms with Crippen molar-refractivity contribution in [3.63, 3.8) is 0 Å². The fraction of sp³-hybridized carbons (Fsp3) is 0.259. The number of rotatable bonds is 6. The standard InChI is InChI=1S/C27H24F2N2O3/c1-3-34-27(32)25-24(20-8-5-11-30-26(20)33-2)21-13-16-6-4-7-17(16)14-23(21)31(25)15-18-12-19(28)9-10-22(18)29/h5,8-14H,3-4,6-7,15H2,1-2H3. The van der Waals surface area contributed by atoms with Crippen LogP contribution in [0.1, 0.15) is 40.5 Å². The van der Waals surface area contributed by atoms with Crippen molar-refractivity contribution in [1.29, 1.82) is 0 Å². The van der Waals surface area contributed by atoms with Gasteiger partial charge in [-0.1, -0.05) is 0 Å². The molecular weight excluding hydrogens is 438 g/mol. The van der Waals surface area contributed by atoms with E-state index in [2.05, 4.69) is 17.1 Å². The van der Waals surface area contributed by atoms with Gasteiger partial charge >= 0.3 is 5.97 Å². The lowest BCUT2D eigenvalue weighted by atomic mass is 9.99. The average Bonchev–Trinajstić information content (AvgIpc) is 3.42. The molecule has 0 spiro atoms. The summed E-state index contributed by atoms with van der Waals surface area (Å²) in [5, 5.41) is 0.826. The number of carbonyl (C=O) groups excluding carboxylic acids is 1. The van der Waals surface area contributed by atoms with Gasteiger partial charge in [-0.3, -0.25) is 0 Å². The smallest absolute Gasteiger partial charge is 0.355 e. The molecule has 0 N–H and O–H groups in total. The van der Waals surface area contributed by atoms with E-state index < -0.39 is 17.6 Å². The van der Waals surface area contributed by atoms with Gasteiger partial charge in [0.1, 0.15) is 17.3 Å². The highest BCUT2D eigenvalue weighted by Gasteiger charge is 2.29. The van der Waals surface area contributed by atoms with Gasteiger partial charge in [0.15, 0.2) is 0 Å². The average molecular weight is 462 g/mol. The summed E-state index contributed by atoms with van der Waals surface area (Å²) >= 11 is 0. The molecule has 5 nitrogen and oxygen atoms in total. The minimum atomic E-state index is -0.545. The van der Waals surface area contributed by atoms with E-state index in [9.17, 15) is 13.6 Å². The first-order chi connectivity index (χ1) is 16.5. The Labute approximate surface area is 195 Å². The molecule has 0 atom stereocenters. The van der Waals surface area contributed by atoms with Gasteiger partial charge in [0, 0.05) is 33.8 Å². The zero-order valence-corrected chi connectivity index (χ0v) is 19.0. The largest absolute Gasteiger partial charge is 0.481 e. The molecule has 2 aromatic heterocycles. The van der Waals surface area contributed by atoms with Crippen LogP contribution in [0.2, 0.25) is 0 Å². The number of fused-ring (bicyclic) bond motifs is 2. The maximum Gasteiger partial charge on any atom is 0.355 e. The Morgan fingerprint density at radius 3 is 2.68 bits per heavy atom. The fourth-order valence-electron chi connectivity index (χ4n) is 4.84. The summed E-state index contributed by atoms with van der Waals surface area (Å²) in [5.41, 5.74) is 4.84. The molecule has 4 aromatic rings. The van der Waals surface area contributed by atoms with Crippen LogP contribution in [0.5, 0.6) is 5.88 Å². The summed E-state index contributed by atoms with van der Waals surface area (Å²) in [6.45, 7) is 1.88. The third kappa shape index (κ3) is 3.71. The van der Waals surface area contributed by atoms with Crippen molar-refractivity contribution in [3.8, 4) is 17.0 Å². The molecule has 0 unspecified atom stereocenters. The minimum absolute atomic E-state index is 0.0321. The zero-order valence-electron chi connectivity index (χ0n) is 19.0. The van der Waals surface area contributed by atoms with E-state index in [4.69, 9.17) is 9.47 Å². The molecule has 5 rings (SSSR count). The van der Waals surface area contributed by atoms with Crippen LogP contribution in [-0.2, 0) is 24.1 Å². The van der Waals surface area contributed by atoms with Crippen LogP contribution in [-0.4, -0.2) is 29.2 Å². The highest BCUT2D eigenvalue weighted by atomic mass is 19.1. The molecule has 0 radical (unpaired) electrons. The van der Waals surface area contributed by atoms with Gasteiger partial charge in [-0.2, -0.15) is 0 Å². The van der Waals surface area contributed by atoms with Crippen LogP contribution in [0.3, 0.4) is 0 Å². The Hall–Kier alpha value is -3.74. The van der Waals surface area contributed by atoms with Crippen molar-refractivity contribution in [2.75, 3.05) is 13.7 Å². The summed E-state index contributed by atoms with van der Waals surface area (Å²) in [5.74, 6) is -1.26. The van der Waals surface area contributed by atoms with Crippen LogP contribution >= 0.6 is 0 Å². The number of esters is 1. The van der Waals surface area contributed by atoms with E-state index in [0.717, 1.165) is 48.4 Å². The second-order valence-electron chi connectivity index (χ2n) is 8.32. The molecule has 1 aliphatic carbocycles. The summed E-state index contributed by atoms with van der Waals surface area (Å²) in [4.78, 5) is 17.7. The number of methoxy groups -OCH3 is 1. The van der Waals surface area contributed by atoms with Gasteiger partial charge in [0.25, 0.3) is 0 Å². The molecule has 0 saturated carbocycles. The molecule has 1 aliphatic rings. The van der Waals surface area contributed by atoms with Crippen molar-refractivity contribution >= 4 is 16.9 Å². The maximum absolute atomic E-state index is 14.7. The number of carbonyl (C=O) groups is 1. The first kappa shape index (κ1) is 22.1. The van der Waals surface area contributed by atoms with Crippen LogP contribution in [0, 0.1) is 11.6 Å². The molecule has 174 valence electrons. The van der Waals surface area contributed by atoms with Gasteiger partial charge in [0.05, 0.1) is 20.3 Å². The topological polar surface area (TPSA) is 53.4 Å². The summed E-state index contributed by atoms with van der Waals surface area (Å²) in [6, 6.07) is 11.1. The third-order valence-electron chi connectivity index (χ3n) is 6.32. The number of hydrogen-bond donors (Lipinski definition) is 0. The Morgan fingerprint density at radius 1 is 1.12 bits per heavy atom. The SMILES string of the molecule is CCOC(=O)c1c(-c2cccnc2OC)c2cc3c(cc2n1Cc1cc(F)ccc1F)CCC3. The van der Waals surface area contributed by atoms with Gasteiger partial charge in [-0.15, -0.1) is 0 Å². The van der Waals surface area contributed by atoms with Crippen molar-refractivity contribution in [2.45, 2.75) is 32.7 Å². The molecule has 0 amide bonds. The Balaban J connectivity index is 1.86. The van der Waals surface area contributed by atoms with Gasteiger partial charge in [-0.05, 0) is 79.8 Å². The minimum Gasteiger partial charge on any atom is -0.481 e. The number of pyridine rings is 1. The molecule has 2 heterocycles. The van der Waals surface area contributed by atoms with E-state index in [1.54, 1.807) is 23.8 Å². The van der Waals surface area contributed by atoms with Crippen LogP contribution in [0.25, 0.3) is 22.0 Å². The number of aromatic nitrogens is 2. The molecular formula is C27H24F2N2O3. The molecule has 2 aromatic carbocycles. The molecule has 0 aliphatic heterocycles. The Morgan fingerprint density at radius 2 is 1.91 bits per heavy atom. The highest BCUT2D eigenvalue weighted by Crippen LogP contribution is 2.42. The number of hydrogen-bond acceptors (Lipinski definition) is 4. The highest BCUT2D eigenvalue weighted by molar-refractivity contribution is 6.09. The van der Waals surface area contributed by atoms with Gasteiger partial charge in [-0.25, -0.2) is 18.6 Å². The number of halogens is 2. The van der Waals surface area contributed by atoms with Crippen LogP contribution in [0.4, 0.5) is 8.78 Å². The monoisotopic (exact) mass is 462 g/mol. The Bertz CT molecular complexity index is 1410. The van der Waals surface area contributed by atoms with E-state index in [-0.39, 0.29) is 24.4 Å². The number of benzene rings is 2. The zero-order chi connectivity index (χ0) is 23.8. The number of aryl methyl sites for hydroxylation is 2. The lowest BCUT2D eigenvalue weighted by molar-refractivity contribution is 0.0516. The molecule has 0 saturated heterocycles. The van der Waals surface area contributed by atoms with E-state index in [1.165, 1.54) is 18.2 Å². The van der Waals surface area contributed by atoms with Crippen molar-refractivity contribution in [2.24, 2.45) is 0 Å². The second kappa shape index (κ2) is 8.89. The molecule has 7 heteroatoms. The third-order valence-corrected chi connectivity index (χ3v) is 6.32. The molecule has 34 heavy (non-hydrogen) atoms. The van der Waals surface area contributed by atoms with Crippen molar-refractivity contribution in [1.82, 2.24) is 9.55 Å². The first-order valence-electron chi connectivity index (χ1n) is 11.3. The molecule has 0 bridgehead atoms. The van der Waals surface area contributed by atoms with Crippen LogP contribution in [0.15, 0.2) is 48.7 Å². The lowest BCUT2D eigenvalue weighted by Gasteiger charge is -2.13. The number of ether oxygens (including phenoxy) is 2. The first-order valence-corrected chi connectivity index (χ1v) is 11.3. The summed E-state index contributed by atoms with van der Waals surface area (Å²) in [6.07, 6.45) is 4.56. The molecule has 0 fully saturated rings. The lowest BCUT2D eigenvalue weighted by Crippen LogP contribution is -2.15. The predicted octanol–water partition coefficient (Wildman–Crippen LogP) is 5.70. The van der Waals surface area contributed by atoms with E-state index in [0.29, 0.717) is 17.0 Å². The number of nitrogens with zero attached hydrogens (tertiary/aromatic N) is 2. The van der Waals surface area contributed by atoms with Crippen LogP contribution < -0.4 is 4.74 Å². The quantitative estimate of drug-likeness (QED) is 0.345. The van der Waals surface area contributed by atoms with E-state index >= 15 is 0 Å². The maximum atomic E-state index is 14.7. The van der Waals surface area contributed by atoms with Gasteiger partial charge in [0.2, 0.25) is 5.88 Å². The normalized spacial score (nSPS) is 12.7. The van der Waals surface area contributed by atoms with Gasteiger partial charge < -0.3 is 14.0 Å².